The van der Waals surface area contributed by atoms with Crippen LogP contribution in [0.25, 0.3) is 0 Å². The van der Waals surface area contributed by atoms with E-state index < -0.39 is 5.60 Å². The first kappa shape index (κ1) is 21.0. The third-order valence-corrected chi connectivity index (χ3v) is 6.53. The number of aliphatic hydroxyl groups is 1. The molecule has 28 heavy (non-hydrogen) atoms. The average molecular weight is 402 g/mol. The Hall–Kier alpha value is -1.76. The number of aromatic nitrogens is 1. The van der Waals surface area contributed by atoms with Crippen LogP contribution in [0.4, 0.5) is 0 Å². The molecule has 0 unspecified atom stereocenters. The molecular weight excluding hydrogens is 370 g/mol. The lowest BCUT2D eigenvalue weighted by Gasteiger charge is -2.37. The van der Waals surface area contributed by atoms with Crippen LogP contribution in [0.1, 0.15) is 49.4 Å². The van der Waals surface area contributed by atoms with Gasteiger partial charge >= 0.3 is 0 Å². The van der Waals surface area contributed by atoms with Crippen molar-refractivity contribution in [1.29, 1.82) is 0 Å². The zero-order valence-corrected chi connectivity index (χ0v) is 17.7. The molecule has 1 aliphatic heterocycles. The summed E-state index contributed by atoms with van der Waals surface area (Å²) in [6.07, 6.45) is 2.39. The number of hydrogen-bond acceptors (Lipinski definition) is 5. The minimum Gasteiger partial charge on any atom is -0.383 e. The van der Waals surface area contributed by atoms with E-state index in [-0.39, 0.29) is 5.91 Å². The zero-order chi connectivity index (χ0) is 20.0. The van der Waals surface area contributed by atoms with Gasteiger partial charge in [0.05, 0.1) is 12.2 Å². The molecule has 2 heterocycles. The van der Waals surface area contributed by atoms with E-state index in [1.54, 1.807) is 11.3 Å². The van der Waals surface area contributed by atoms with Gasteiger partial charge in [0.15, 0.2) is 0 Å². The molecule has 0 atom stereocenters. The summed E-state index contributed by atoms with van der Waals surface area (Å²) in [5, 5.41) is 14.1. The first-order valence-electron chi connectivity index (χ1n) is 10.3. The number of likely N-dealkylation sites (tertiary alicyclic amines) is 1. The van der Waals surface area contributed by atoms with E-state index in [1.165, 1.54) is 5.56 Å². The van der Waals surface area contributed by atoms with Crippen molar-refractivity contribution in [2.24, 2.45) is 0 Å². The van der Waals surface area contributed by atoms with E-state index in [4.69, 9.17) is 4.98 Å². The molecule has 1 aromatic heterocycles. The van der Waals surface area contributed by atoms with E-state index >= 15 is 0 Å². The highest BCUT2D eigenvalue weighted by Crippen LogP contribution is 2.34. The second kappa shape index (κ2) is 9.63. The van der Waals surface area contributed by atoms with Gasteiger partial charge in [-0.15, -0.1) is 11.3 Å². The van der Waals surface area contributed by atoms with E-state index in [2.05, 4.69) is 30.9 Å². The van der Waals surface area contributed by atoms with Gasteiger partial charge in [0.2, 0.25) is 5.91 Å². The second-order valence-corrected chi connectivity index (χ2v) is 8.43. The summed E-state index contributed by atoms with van der Waals surface area (Å²) in [5.41, 5.74) is 1.05. The van der Waals surface area contributed by atoms with Gasteiger partial charge in [0, 0.05) is 24.9 Å². The van der Waals surface area contributed by atoms with Gasteiger partial charge in [-0.2, -0.15) is 0 Å². The SMILES string of the molecule is CCN(CC)Cc1nc(C2(O)CCN(C(=O)CCc3ccccc3)CC2)cs1. The molecule has 1 amide bonds. The number of carbonyl (C=O) groups is 1. The van der Waals surface area contributed by atoms with Crippen LogP contribution in [0.2, 0.25) is 0 Å². The fraction of sp³-hybridized carbons (Fsp3) is 0.545. The highest BCUT2D eigenvalue weighted by Gasteiger charge is 2.37. The Labute approximate surface area is 172 Å². The number of rotatable bonds is 8. The van der Waals surface area contributed by atoms with Gasteiger partial charge in [0.1, 0.15) is 10.6 Å². The van der Waals surface area contributed by atoms with Crippen LogP contribution >= 0.6 is 11.3 Å². The van der Waals surface area contributed by atoms with Gasteiger partial charge in [-0.25, -0.2) is 4.98 Å². The van der Waals surface area contributed by atoms with Crippen LogP contribution in [0, 0.1) is 0 Å². The van der Waals surface area contributed by atoms with Gasteiger partial charge in [-0.3, -0.25) is 9.69 Å². The lowest BCUT2D eigenvalue weighted by atomic mass is 9.88. The lowest BCUT2D eigenvalue weighted by Crippen LogP contribution is -2.45. The largest absolute Gasteiger partial charge is 0.383 e. The van der Waals surface area contributed by atoms with Crippen molar-refractivity contribution in [2.75, 3.05) is 26.2 Å². The highest BCUT2D eigenvalue weighted by atomic mass is 32.1. The summed E-state index contributed by atoms with van der Waals surface area (Å²) in [5.74, 6) is 0.173. The summed E-state index contributed by atoms with van der Waals surface area (Å²) in [7, 11) is 0. The summed E-state index contributed by atoms with van der Waals surface area (Å²) in [4.78, 5) is 21.5. The van der Waals surface area contributed by atoms with E-state index in [1.807, 2.05) is 28.5 Å². The molecule has 152 valence electrons. The number of thiazole rings is 1. The lowest BCUT2D eigenvalue weighted by molar-refractivity contribution is -0.135. The monoisotopic (exact) mass is 401 g/mol. The predicted octanol–water partition coefficient (Wildman–Crippen LogP) is 3.43. The molecule has 0 aliphatic carbocycles. The maximum absolute atomic E-state index is 12.5. The maximum atomic E-state index is 12.5. The predicted molar refractivity (Wildman–Crippen MR) is 113 cm³/mol. The molecule has 1 aromatic carbocycles. The molecule has 0 radical (unpaired) electrons. The van der Waals surface area contributed by atoms with Crippen LogP contribution in [0.3, 0.4) is 0 Å². The van der Waals surface area contributed by atoms with Crippen LogP contribution in [-0.2, 0) is 23.4 Å². The van der Waals surface area contributed by atoms with Crippen molar-refractivity contribution in [3.05, 3.63) is 52.0 Å². The summed E-state index contributed by atoms with van der Waals surface area (Å²) in [6, 6.07) is 10.1. The third kappa shape index (κ3) is 5.19. The fourth-order valence-electron chi connectivity index (χ4n) is 3.67. The summed E-state index contributed by atoms with van der Waals surface area (Å²) in [6.45, 7) is 8.30. The molecule has 2 aromatic rings. The van der Waals surface area contributed by atoms with Gasteiger partial charge in [-0.05, 0) is 37.9 Å². The molecule has 1 fully saturated rings. The highest BCUT2D eigenvalue weighted by molar-refractivity contribution is 7.09. The van der Waals surface area contributed by atoms with Crippen molar-refractivity contribution in [1.82, 2.24) is 14.8 Å². The molecule has 3 rings (SSSR count). The Bertz CT molecular complexity index is 750. The zero-order valence-electron chi connectivity index (χ0n) is 16.9. The van der Waals surface area contributed by atoms with Crippen molar-refractivity contribution < 1.29 is 9.90 Å². The number of benzene rings is 1. The number of aryl methyl sites for hydroxylation is 1. The quantitative estimate of drug-likeness (QED) is 0.736. The first-order valence-corrected chi connectivity index (χ1v) is 11.1. The average Bonchev–Trinajstić information content (AvgIpc) is 3.21. The molecule has 0 saturated carbocycles. The molecule has 0 bridgehead atoms. The van der Waals surface area contributed by atoms with Crippen LogP contribution in [0.15, 0.2) is 35.7 Å². The maximum Gasteiger partial charge on any atom is 0.222 e. The summed E-state index contributed by atoms with van der Waals surface area (Å²) < 4.78 is 0. The Morgan fingerprint density at radius 2 is 1.89 bits per heavy atom. The number of amides is 1. The van der Waals surface area contributed by atoms with Crippen LogP contribution in [0.5, 0.6) is 0 Å². The standard InChI is InChI=1S/C22H31N3O2S/c1-3-24(4-2)16-20-23-19(17-28-20)22(27)12-14-25(15-13-22)21(26)11-10-18-8-6-5-7-9-18/h5-9,17,27H,3-4,10-16H2,1-2H3. The van der Waals surface area contributed by atoms with Gasteiger partial charge < -0.3 is 10.0 Å². The normalized spacial score (nSPS) is 16.5. The van der Waals surface area contributed by atoms with Crippen molar-refractivity contribution in [2.45, 2.75) is 51.7 Å². The number of nitrogens with zero attached hydrogens (tertiary/aromatic N) is 3. The molecule has 6 heteroatoms. The van der Waals surface area contributed by atoms with E-state index in [0.29, 0.717) is 32.4 Å². The number of piperidine rings is 1. The summed E-state index contributed by atoms with van der Waals surface area (Å²) >= 11 is 1.62. The number of hydrogen-bond donors (Lipinski definition) is 1. The van der Waals surface area contributed by atoms with E-state index in [9.17, 15) is 9.90 Å². The Morgan fingerprint density at radius 3 is 2.54 bits per heavy atom. The molecule has 1 saturated heterocycles. The Morgan fingerprint density at radius 1 is 1.21 bits per heavy atom. The second-order valence-electron chi connectivity index (χ2n) is 7.49. The smallest absolute Gasteiger partial charge is 0.222 e. The molecule has 0 spiro atoms. The third-order valence-electron chi connectivity index (χ3n) is 5.70. The topological polar surface area (TPSA) is 56.7 Å². The molecular formula is C22H31N3O2S. The van der Waals surface area contributed by atoms with Crippen molar-refractivity contribution in [3.63, 3.8) is 0 Å². The molecule has 5 nitrogen and oxygen atoms in total. The van der Waals surface area contributed by atoms with E-state index in [0.717, 1.165) is 36.8 Å². The number of carbonyl (C=O) groups excluding carboxylic acids is 1. The minimum absolute atomic E-state index is 0.173. The fourth-order valence-corrected chi connectivity index (χ4v) is 4.60. The van der Waals surface area contributed by atoms with Gasteiger partial charge in [0.25, 0.3) is 0 Å². The minimum atomic E-state index is -0.909. The van der Waals surface area contributed by atoms with Crippen LogP contribution < -0.4 is 0 Å². The molecule has 1 N–H and O–H groups in total. The molecule has 1 aliphatic rings. The van der Waals surface area contributed by atoms with Gasteiger partial charge in [-0.1, -0.05) is 44.2 Å². The first-order chi connectivity index (χ1) is 13.5. The van der Waals surface area contributed by atoms with Crippen molar-refractivity contribution in [3.8, 4) is 0 Å². The Kier molecular flexibility index (Phi) is 7.21. The van der Waals surface area contributed by atoms with Crippen molar-refractivity contribution >= 4 is 17.2 Å². The Balaban J connectivity index is 1.52. The van der Waals surface area contributed by atoms with Crippen LogP contribution in [-0.4, -0.2) is 52.0 Å².